The number of aromatic nitrogens is 1. The molecular formula is C20H23N3O4. The molecule has 2 N–H and O–H groups in total. The van der Waals surface area contributed by atoms with E-state index >= 15 is 0 Å². The Balaban J connectivity index is 1.64. The van der Waals surface area contributed by atoms with E-state index < -0.39 is 0 Å². The predicted molar refractivity (Wildman–Crippen MR) is 99.4 cm³/mol. The van der Waals surface area contributed by atoms with Gasteiger partial charge in [-0.3, -0.25) is 9.59 Å². The van der Waals surface area contributed by atoms with Crippen LogP contribution in [-0.2, 0) is 4.79 Å². The molecular weight excluding hydrogens is 346 g/mol. The fourth-order valence-corrected chi connectivity index (χ4v) is 3.90. The number of fused-ring (bicyclic) bond motifs is 1. The first kappa shape index (κ1) is 17.5. The Labute approximate surface area is 157 Å². The largest absolute Gasteiger partial charge is 0.486 e. The molecule has 1 aromatic heterocycles. The first-order chi connectivity index (χ1) is 13.0. The molecule has 7 heteroatoms. The van der Waals surface area contributed by atoms with Crippen LogP contribution in [0.5, 0.6) is 11.5 Å². The Morgan fingerprint density at radius 1 is 1.11 bits per heavy atom. The van der Waals surface area contributed by atoms with E-state index in [1.165, 1.54) is 0 Å². The lowest BCUT2D eigenvalue weighted by Crippen LogP contribution is -2.32. The fourth-order valence-electron chi connectivity index (χ4n) is 3.90. The summed E-state index contributed by atoms with van der Waals surface area (Å²) in [6.45, 7) is 5.92. The SMILES string of the molecule is Cc1cc(C(=O)N2CCC(C(N)=O)C2)c(C)n1-c1ccc2c(c1)OCCO2. The molecule has 2 aromatic rings. The molecule has 1 fully saturated rings. The first-order valence-corrected chi connectivity index (χ1v) is 9.13. The van der Waals surface area contributed by atoms with E-state index in [0.29, 0.717) is 44.0 Å². The highest BCUT2D eigenvalue weighted by molar-refractivity contribution is 5.96. The van der Waals surface area contributed by atoms with Crippen LogP contribution >= 0.6 is 0 Å². The standard InChI is InChI=1S/C20H23N3O4/c1-12-9-16(20(25)22-6-5-14(11-22)19(21)24)13(2)23(12)15-3-4-17-18(10-15)27-8-7-26-17/h3-4,9-10,14H,5-8,11H2,1-2H3,(H2,21,24). The van der Waals surface area contributed by atoms with Crippen LogP contribution in [0.25, 0.3) is 5.69 Å². The average Bonchev–Trinajstić information content (AvgIpc) is 3.26. The van der Waals surface area contributed by atoms with Gasteiger partial charge in [0.2, 0.25) is 5.91 Å². The summed E-state index contributed by atoms with van der Waals surface area (Å²) in [6.07, 6.45) is 0.627. The molecule has 0 bridgehead atoms. The molecule has 2 aliphatic heterocycles. The second-order valence-electron chi connectivity index (χ2n) is 7.09. The second-order valence-corrected chi connectivity index (χ2v) is 7.09. The predicted octanol–water partition coefficient (Wildman–Crippen LogP) is 1.81. The summed E-state index contributed by atoms with van der Waals surface area (Å²) in [5, 5.41) is 0. The molecule has 0 spiro atoms. The molecule has 0 radical (unpaired) electrons. The molecule has 4 rings (SSSR count). The van der Waals surface area contributed by atoms with Gasteiger partial charge in [0.1, 0.15) is 13.2 Å². The zero-order valence-corrected chi connectivity index (χ0v) is 15.5. The monoisotopic (exact) mass is 369 g/mol. The van der Waals surface area contributed by atoms with Crippen molar-refractivity contribution in [2.45, 2.75) is 20.3 Å². The highest BCUT2D eigenvalue weighted by Gasteiger charge is 2.31. The lowest BCUT2D eigenvalue weighted by atomic mass is 10.1. The third kappa shape index (κ3) is 3.03. The van der Waals surface area contributed by atoms with E-state index in [2.05, 4.69) is 0 Å². The molecule has 0 aliphatic carbocycles. The summed E-state index contributed by atoms with van der Waals surface area (Å²) >= 11 is 0. The van der Waals surface area contributed by atoms with Crippen molar-refractivity contribution in [2.75, 3.05) is 26.3 Å². The molecule has 1 saturated heterocycles. The van der Waals surface area contributed by atoms with Gasteiger partial charge in [-0.2, -0.15) is 0 Å². The number of primary amides is 1. The lowest BCUT2D eigenvalue weighted by molar-refractivity contribution is -0.121. The topological polar surface area (TPSA) is 86.8 Å². The number of benzene rings is 1. The van der Waals surface area contributed by atoms with E-state index in [0.717, 1.165) is 22.8 Å². The van der Waals surface area contributed by atoms with Crippen LogP contribution in [0.2, 0.25) is 0 Å². The van der Waals surface area contributed by atoms with Crippen LogP contribution in [0.4, 0.5) is 0 Å². The number of likely N-dealkylation sites (tertiary alicyclic amines) is 1. The number of rotatable bonds is 3. The number of nitrogens with zero attached hydrogens (tertiary/aromatic N) is 2. The Hall–Kier alpha value is -2.96. The summed E-state index contributed by atoms with van der Waals surface area (Å²) < 4.78 is 13.3. The Morgan fingerprint density at radius 3 is 2.56 bits per heavy atom. The molecule has 27 heavy (non-hydrogen) atoms. The second kappa shape index (κ2) is 6.64. The molecule has 0 saturated carbocycles. The molecule has 2 amide bonds. The quantitative estimate of drug-likeness (QED) is 0.894. The van der Waals surface area contributed by atoms with Gasteiger partial charge in [0.05, 0.1) is 11.5 Å². The molecule has 1 aromatic carbocycles. The fraction of sp³-hybridized carbons (Fsp3) is 0.400. The summed E-state index contributed by atoms with van der Waals surface area (Å²) in [4.78, 5) is 26.1. The van der Waals surface area contributed by atoms with Gasteiger partial charge in [0, 0.05) is 36.2 Å². The molecule has 1 atom stereocenters. The molecule has 1 unspecified atom stereocenters. The number of amides is 2. The van der Waals surface area contributed by atoms with Crippen molar-refractivity contribution in [1.82, 2.24) is 9.47 Å². The number of nitrogens with two attached hydrogens (primary N) is 1. The van der Waals surface area contributed by atoms with Crippen molar-refractivity contribution in [1.29, 1.82) is 0 Å². The van der Waals surface area contributed by atoms with Crippen LogP contribution in [0, 0.1) is 19.8 Å². The summed E-state index contributed by atoms with van der Waals surface area (Å²) in [6, 6.07) is 7.68. The van der Waals surface area contributed by atoms with Crippen molar-refractivity contribution in [3.63, 3.8) is 0 Å². The van der Waals surface area contributed by atoms with Crippen molar-refractivity contribution < 1.29 is 19.1 Å². The summed E-state index contributed by atoms with van der Waals surface area (Å²) in [5.41, 5.74) is 8.77. The third-order valence-electron chi connectivity index (χ3n) is 5.32. The van der Waals surface area contributed by atoms with E-state index in [1.807, 2.05) is 42.7 Å². The number of hydrogen-bond donors (Lipinski definition) is 1. The highest BCUT2D eigenvalue weighted by atomic mass is 16.6. The van der Waals surface area contributed by atoms with E-state index in [-0.39, 0.29) is 17.7 Å². The van der Waals surface area contributed by atoms with Gasteiger partial charge in [-0.15, -0.1) is 0 Å². The van der Waals surface area contributed by atoms with Gasteiger partial charge in [-0.1, -0.05) is 0 Å². The van der Waals surface area contributed by atoms with Crippen LogP contribution in [-0.4, -0.2) is 47.6 Å². The zero-order chi connectivity index (χ0) is 19.1. The number of hydrogen-bond acceptors (Lipinski definition) is 4. The minimum absolute atomic E-state index is 0.0596. The smallest absolute Gasteiger partial charge is 0.255 e. The van der Waals surface area contributed by atoms with Crippen LogP contribution in [0.15, 0.2) is 24.3 Å². The third-order valence-corrected chi connectivity index (χ3v) is 5.32. The summed E-state index contributed by atoms with van der Waals surface area (Å²) in [5.74, 6) is 0.791. The van der Waals surface area contributed by atoms with Gasteiger partial charge < -0.3 is 24.7 Å². The van der Waals surface area contributed by atoms with Crippen LogP contribution in [0.3, 0.4) is 0 Å². The number of ether oxygens (including phenoxy) is 2. The van der Waals surface area contributed by atoms with Crippen molar-refractivity contribution in [3.8, 4) is 17.2 Å². The maximum Gasteiger partial charge on any atom is 0.255 e. The normalized spacial score (nSPS) is 18.6. The van der Waals surface area contributed by atoms with Crippen LogP contribution < -0.4 is 15.2 Å². The molecule has 3 heterocycles. The van der Waals surface area contributed by atoms with E-state index in [1.54, 1.807) is 4.90 Å². The van der Waals surface area contributed by atoms with Crippen molar-refractivity contribution in [2.24, 2.45) is 11.7 Å². The van der Waals surface area contributed by atoms with Gasteiger partial charge in [0.15, 0.2) is 11.5 Å². The van der Waals surface area contributed by atoms with Crippen molar-refractivity contribution >= 4 is 11.8 Å². The van der Waals surface area contributed by atoms with Gasteiger partial charge in [-0.25, -0.2) is 0 Å². The maximum atomic E-state index is 13.0. The Bertz CT molecular complexity index is 918. The van der Waals surface area contributed by atoms with E-state index in [9.17, 15) is 9.59 Å². The average molecular weight is 369 g/mol. The zero-order valence-electron chi connectivity index (χ0n) is 15.5. The minimum Gasteiger partial charge on any atom is -0.486 e. The molecule has 7 nitrogen and oxygen atoms in total. The number of carbonyl (C=O) groups is 2. The Kier molecular flexibility index (Phi) is 4.30. The molecule has 2 aliphatic rings. The van der Waals surface area contributed by atoms with Crippen molar-refractivity contribution in [3.05, 3.63) is 41.2 Å². The lowest BCUT2D eigenvalue weighted by Gasteiger charge is -2.20. The number of carbonyl (C=O) groups excluding carboxylic acids is 2. The minimum atomic E-state index is -0.341. The summed E-state index contributed by atoms with van der Waals surface area (Å²) in [7, 11) is 0. The van der Waals surface area contributed by atoms with E-state index in [4.69, 9.17) is 15.2 Å². The maximum absolute atomic E-state index is 13.0. The van der Waals surface area contributed by atoms with Gasteiger partial charge in [0.25, 0.3) is 5.91 Å². The Morgan fingerprint density at radius 2 is 1.85 bits per heavy atom. The first-order valence-electron chi connectivity index (χ1n) is 9.13. The molecule has 142 valence electrons. The number of aryl methyl sites for hydroxylation is 1. The highest BCUT2D eigenvalue weighted by Crippen LogP contribution is 2.33. The van der Waals surface area contributed by atoms with Gasteiger partial charge >= 0.3 is 0 Å². The van der Waals surface area contributed by atoms with Gasteiger partial charge in [-0.05, 0) is 38.5 Å². The van der Waals surface area contributed by atoms with Crippen LogP contribution in [0.1, 0.15) is 28.2 Å².